The minimum atomic E-state index is 0.822. The molecule has 0 heterocycles. The first kappa shape index (κ1) is 8.92. The van der Waals surface area contributed by atoms with Crippen molar-refractivity contribution >= 4 is 30.3 Å². The van der Waals surface area contributed by atoms with Crippen molar-refractivity contribution in [1.82, 2.24) is 0 Å². The summed E-state index contributed by atoms with van der Waals surface area (Å²) in [4.78, 5) is 0. The van der Waals surface area contributed by atoms with Crippen molar-refractivity contribution in [1.29, 1.82) is 0 Å². The van der Waals surface area contributed by atoms with Gasteiger partial charge >= 0.3 is 30.3 Å². The van der Waals surface area contributed by atoms with Crippen LogP contribution in [0.1, 0.15) is 13.8 Å². The molecule has 0 bridgehead atoms. The van der Waals surface area contributed by atoms with E-state index in [0.717, 1.165) is 21.4 Å². The topological polar surface area (TPSA) is 0 Å². The maximum atomic E-state index is 4.77. The van der Waals surface area contributed by atoms with Crippen molar-refractivity contribution in [2.75, 3.05) is 0 Å². The second kappa shape index (κ2) is 32.9. The Morgan fingerprint density at radius 1 is 1.25 bits per heavy atom. The Kier molecular flexibility index (Phi) is 73.4. The normalized spacial score (nSPS) is 3.00. The number of hydrogen-bond acceptors (Lipinski definition) is 0. The maximum absolute atomic E-state index is 4.77. The Morgan fingerprint density at radius 3 is 1.25 bits per heavy atom. The fourth-order valence-electron chi connectivity index (χ4n) is 0. The second-order valence-corrected chi connectivity index (χ2v) is 0. The molecule has 26 valence electrons. The molecule has 0 atom stereocenters. The van der Waals surface area contributed by atoms with E-state index in [1.807, 2.05) is 13.8 Å². The molecule has 2 radical (unpaired) electrons. The number of hydrogen-bond donors (Lipinski definition) is 0. The third-order valence-electron chi connectivity index (χ3n) is 0. The average Bonchev–Trinajstić information content (AvgIpc) is 1.50. The van der Waals surface area contributed by atoms with Gasteiger partial charge in [-0.25, -0.2) is 0 Å². The summed E-state index contributed by atoms with van der Waals surface area (Å²) in [5.41, 5.74) is 0. The second-order valence-electron chi connectivity index (χ2n) is 0. The van der Waals surface area contributed by atoms with Crippen molar-refractivity contribution in [3.63, 3.8) is 0 Å². The van der Waals surface area contributed by atoms with Gasteiger partial charge in [0.15, 0.2) is 0 Å². The molecule has 0 nitrogen and oxygen atoms in total. The van der Waals surface area contributed by atoms with E-state index in [2.05, 4.69) is 0 Å². The van der Waals surface area contributed by atoms with E-state index >= 15 is 0 Å². The molecular weight excluding hydrogens is 178 g/mol. The van der Waals surface area contributed by atoms with Gasteiger partial charge in [0.1, 0.15) is 0 Å². The molecule has 0 aliphatic heterocycles. The first-order valence-corrected chi connectivity index (χ1v) is 5.39. The minimum absolute atomic E-state index is 0.822. The van der Waals surface area contributed by atoms with Crippen molar-refractivity contribution in [3.05, 3.63) is 0 Å². The Labute approximate surface area is 44.3 Å². The van der Waals surface area contributed by atoms with Gasteiger partial charge in [0.05, 0.1) is 0 Å². The fraction of sp³-hybridized carbons (Fsp3) is 1.00. The van der Waals surface area contributed by atoms with Gasteiger partial charge in [0.25, 0.3) is 0 Å². The molecule has 0 aromatic carbocycles. The fourth-order valence-corrected chi connectivity index (χ4v) is 0. The van der Waals surface area contributed by atoms with Crippen LogP contribution in [0.3, 0.4) is 0 Å². The predicted octanol–water partition coefficient (Wildman–Crippen LogP) is 1.07. The van der Waals surface area contributed by atoms with Gasteiger partial charge in [-0.15, -0.1) is 0 Å². The molecule has 0 aromatic heterocycles. The van der Waals surface area contributed by atoms with Crippen molar-refractivity contribution in [2.24, 2.45) is 0 Å². The first-order valence-electron chi connectivity index (χ1n) is 1.22. The monoisotopic (exact) mass is 186 g/mol. The molecule has 0 fully saturated rings. The Balaban J connectivity index is 0. The number of halogens is 1. The van der Waals surface area contributed by atoms with Gasteiger partial charge < -0.3 is 0 Å². The number of rotatable bonds is 0. The van der Waals surface area contributed by atoms with Crippen LogP contribution in [0.5, 0.6) is 0 Å². The molecule has 0 rings (SSSR count). The molecule has 0 saturated carbocycles. The molecule has 0 saturated heterocycles. The van der Waals surface area contributed by atoms with Gasteiger partial charge in [-0.3, -0.25) is 0 Å². The van der Waals surface area contributed by atoms with Crippen LogP contribution in [0.4, 0.5) is 0 Å². The Morgan fingerprint density at radius 2 is 1.25 bits per heavy atom. The van der Waals surface area contributed by atoms with Crippen LogP contribution in [0.25, 0.3) is 0 Å². The molecule has 0 aliphatic carbocycles. The summed E-state index contributed by atoms with van der Waals surface area (Å²) in [5.74, 6) is 0. The van der Waals surface area contributed by atoms with Gasteiger partial charge in [-0.2, -0.15) is 0 Å². The van der Waals surface area contributed by atoms with Gasteiger partial charge in [-0.1, -0.05) is 13.8 Å². The van der Waals surface area contributed by atoms with Crippen LogP contribution in [-0.4, -0.2) is 21.4 Å². The first-order chi connectivity index (χ1) is 2.00. The summed E-state index contributed by atoms with van der Waals surface area (Å²) < 4.78 is 0. The summed E-state index contributed by atoms with van der Waals surface area (Å²) in [6, 6.07) is 0. The quantitative estimate of drug-likeness (QED) is 0.495. The van der Waals surface area contributed by atoms with E-state index in [-0.39, 0.29) is 0 Å². The van der Waals surface area contributed by atoms with E-state index < -0.39 is 0 Å². The van der Waals surface area contributed by atoms with Gasteiger partial charge in [0.2, 0.25) is 0 Å². The van der Waals surface area contributed by atoms with Crippen LogP contribution >= 0.6 is 8.92 Å². The zero-order valence-corrected chi connectivity index (χ0v) is 7.01. The Hall–Kier alpha value is 1.09. The van der Waals surface area contributed by atoms with Gasteiger partial charge in [0, 0.05) is 0 Å². The van der Waals surface area contributed by atoms with Crippen LogP contribution in [0.15, 0.2) is 0 Å². The predicted molar refractivity (Wildman–Crippen MR) is 24.3 cm³/mol. The summed E-state index contributed by atoms with van der Waals surface area (Å²) in [7, 11) is 4.77. The molecule has 4 heavy (non-hydrogen) atoms. The summed E-state index contributed by atoms with van der Waals surface area (Å²) in [6.07, 6.45) is 0. The zero-order valence-electron chi connectivity index (χ0n) is 2.96. The summed E-state index contributed by atoms with van der Waals surface area (Å²) >= 11 is 0.822. The van der Waals surface area contributed by atoms with E-state index in [0.29, 0.717) is 0 Å². The van der Waals surface area contributed by atoms with Crippen molar-refractivity contribution < 1.29 is 0 Å². The van der Waals surface area contributed by atoms with Crippen molar-refractivity contribution in [2.45, 2.75) is 13.8 Å². The molecule has 2 heteroatoms. The van der Waals surface area contributed by atoms with Crippen LogP contribution in [0, 0.1) is 0 Å². The Bertz CT molecular complexity index is 6.00. The SMILES string of the molecule is CC.[Cl][SnH]. The molecule has 0 aromatic rings. The molecule has 0 spiro atoms. The molecule has 0 unspecified atom stereocenters. The van der Waals surface area contributed by atoms with Gasteiger partial charge in [-0.05, 0) is 0 Å². The molecule has 0 amide bonds. The summed E-state index contributed by atoms with van der Waals surface area (Å²) in [6.45, 7) is 4.00. The van der Waals surface area contributed by atoms with Crippen LogP contribution in [-0.2, 0) is 0 Å². The molecule has 0 aliphatic rings. The van der Waals surface area contributed by atoms with E-state index in [1.54, 1.807) is 0 Å². The third kappa shape index (κ3) is 11.4. The molecular formula is C2H7ClSn. The zero-order chi connectivity index (χ0) is 4.00. The third-order valence-corrected chi connectivity index (χ3v) is 0. The van der Waals surface area contributed by atoms with Crippen molar-refractivity contribution in [3.8, 4) is 0 Å². The van der Waals surface area contributed by atoms with E-state index in [1.165, 1.54) is 0 Å². The molecule has 0 N–H and O–H groups in total. The van der Waals surface area contributed by atoms with Crippen LogP contribution in [0.2, 0.25) is 0 Å². The standard InChI is InChI=1S/C2H6.ClH.Sn.H/c1-2;;;/h1-2H3;1H;;/q;;+1;/p-1. The van der Waals surface area contributed by atoms with Crippen LogP contribution < -0.4 is 0 Å². The van der Waals surface area contributed by atoms with E-state index in [9.17, 15) is 0 Å². The average molecular weight is 185 g/mol. The summed E-state index contributed by atoms with van der Waals surface area (Å²) in [5, 5.41) is 0. The van der Waals surface area contributed by atoms with E-state index in [4.69, 9.17) is 8.92 Å².